The number of benzene rings is 1. The lowest BCUT2D eigenvalue weighted by atomic mass is 10.0. The Labute approximate surface area is 114 Å². The van der Waals surface area contributed by atoms with Crippen LogP contribution in [0, 0.1) is 11.7 Å². The highest BCUT2D eigenvalue weighted by Gasteiger charge is 2.23. The van der Waals surface area contributed by atoms with Crippen molar-refractivity contribution < 1.29 is 12.8 Å². The topological polar surface area (TPSA) is 72.2 Å². The van der Waals surface area contributed by atoms with Crippen LogP contribution in [0.2, 0.25) is 0 Å². The maximum Gasteiger partial charge on any atom is 0.243 e. The monoisotopic (exact) mass is 288 g/mol. The SMILES string of the molecule is CCC(C)C(C)NS(=O)(=O)c1cc(CN)ccc1F. The average Bonchev–Trinajstić information content (AvgIpc) is 2.37. The molecule has 0 saturated carbocycles. The van der Waals surface area contributed by atoms with Crippen molar-refractivity contribution in [3.8, 4) is 0 Å². The first-order chi connectivity index (χ1) is 8.81. The number of hydrogen-bond acceptors (Lipinski definition) is 3. The first-order valence-corrected chi connectivity index (χ1v) is 7.81. The minimum absolute atomic E-state index is 0.170. The lowest BCUT2D eigenvalue weighted by molar-refractivity contribution is 0.432. The molecule has 2 unspecified atom stereocenters. The average molecular weight is 288 g/mol. The van der Waals surface area contributed by atoms with Gasteiger partial charge in [0.1, 0.15) is 10.7 Å². The molecule has 1 aromatic carbocycles. The Bertz CT molecular complexity index is 531. The van der Waals surface area contributed by atoms with Crippen LogP contribution in [-0.4, -0.2) is 14.5 Å². The van der Waals surface area contributed by atoms with Gasteiger partial charge in [-0.2, -0.15) is 0 Å². The highest BCUT2D eigenvalue weighted by Crippen LogP contribution is 2.18. The Kier molecular flexibility index (Phi) is 5.46. The summed E-state index contributed by atoms with van der Waals surface area (Å²) in [5.41, 5.74) is 6.03. The Balaban J connectivity index is 3.06. The molecule has 0 aliphatic heterocycles. The van der Waals surface area contributed by atoms with Gasteiger partial charge in [0.15, 0.2) is 0 Å². The Morgan fingerprint density at radius 3 is 2.53 bits per heavy atom. The van der Waals surface area contributed by atoms with Crippen molar-refractivity contribution in [2.24, 2.45) is 11.7 Å². The van der Waals surface area contributed by atoms with E-state index in [9.17, 15) is 12.8 Å². The van der Waals surface area contributed by atoms with Crippen LogP contribution in [0.5, 0.6) is 0 Å². The summed E-state index contributed by atoms with van der Waals surface area (Å²) in [7, 11) is -3.86. The van der Waals surface area contributed by atoms with Gasteiger partial charge in [-0.1, -0.05) is 26.3 Å². The Morgan fingerprint density at radius 1 is 1.37 bits per heavy atom. The first-order valence-electron chi connectivity index (χ1n) is 6.32. The van der Waals surface area contributed by atoms with Crippen molar-refractivity contribution in [2.45, 2.75) is 44.7 Å². The number of rotatable bonds is 6. The molecule has 1 aromatic rings. The van der Waals surface area contributed by atoms with Crippen molar-refractivity contribution in [1.29, 1.82) is 0 Å². The Hall–Kier alpha value is -0.980. The van der Waals surface area contributed by atoms with Crippen LogP contribution in [0.4, 0.5) is 4.39 Å². The number of halogens is 1. The van der Waals surface area contributed by atoms with Crippen molar-refractivity contribution in [3.63, 3.8) is 0 Å². The summed E-state index contributed by atoms with van der Waals surface area (Å²) in [5, 5.41) is 0. The zero-order chi connectivity index (χ0) is 14.6. The van der Waals surface area contributed by atoms with E-state index in [1.165, 1.54) is 12.1 Å². The van der Waals surface area contributed by atoms with Gasteiger partial charge < -0.3 is 5.73 Å². The molecule has 0 heterocycles. The van der Waals surface area contributed by atoms with E-state index >= 15 is 0 Å². The van der Waals surface area contributed by atoms with Crippen molar-refractivity contribution in [2.75, 3.05) is 0 Å². The second kappa shape index (κ2) is 6.45. The van der Waals surface area contributed by atoms with Gasteiger partial charge in [0, 0.05) is 12.6 Å². The third-order valence-corrected chi connectivity index (χ3v) is 4.93. The van der Waals surface area contributed by atoms with Crippen LogP contribution in [0.25, 0.3) is 0 Å². The van der Waals surface area contributed by atoms with Crippen LogP contribution in [0.1, 0.15) is 32.8 Å². The van der Waals surface area contributed by atoms with Gasteiger partial charge in [0.25, 0.3) is 0 Å². The van der Waals surface area contributed by atoms with Crippen molar-refractivity contribution >= 4 is 10.0 Å². The normalized spacial score (nSPS) is 15.2. The first kappa shape index (κ1) is 16.1. The second-order valence-electron chi connectivity index (χ2n) is 4.76. The molecule has 0 fully saturated rings. The molecule has 0 aromatic heterocycles. The van der Waals surface area contributed by atoms with Crippen LogP contribution < -0.4 is 10.5 Å². The van der Waals surface area contributed by atoms with E-state index in [2.05, 4.69) is 4.72 Å². The Morgan fingerprint density at radius 2 is 2.00 bits per heavy atom. The van der Waals surface area contributed by atoms with Gasteiger partial charge >= 0.3 is 0 Å². The molecule has 108 valence electrons. The van der Waals surface area contributed by atoms with E-state index < -0.39 is 15.8 Å². The molecule has 0 amide bonds. The zero-order valence-corrected chi connectivity index (χ0v) is 12.3. The molecular weight excluding hydrogens is 267 g/mol. The molecule has 0 aliphatic carbocycles. The molecular formula is C13H21FN2O2S. The van der Waals surface area contributed by atoms with Crippen molar-refractivity contribution in [1.82, 2.24) is 4.72 Å². The van der Waals surface area contributed by atoms with Crippen molar-refractivity contribution in [3.05, 3.63) is 29.6 Å². The third kappa shape index (κ3) is 3.99. The van der Waals surface area contributed by atoms with E-state index in [1.54, 1.807) is 6.92 Å². The summed E-state index contributed by atoms with van der Waals surface area (Å²) in [6.45, 7) is 5.87. The lowest BCUT2D eigenvalue weighted by Gasteiger charge is -2.20. The minimum atomic E-state index is -3.86. The van der Waals surface area contributed by atoms with Gasteiger partial charge in [0.05, 0.1) is 0 Å². The van der Waals surface area contributed by atoms with E-state index in [4.69, 9.17) is 5.73 Å². The number of nitrogens with two attached hydrogens (primary N) is 1. The standard InChI is InChI=1S/C13H21FN2O2S/c1-4-9(2)10(3)16-19(17,18)13-7-11(8-15)5-6-12(13)14/h5-7,9-10,16H,4,8,15H2,1-3H3. The highest BCUT2D eigenvalue weighted by atomic mass is 32.2. The summed E-state index contributed by atoms with van der Waals surface area (Å²) in [6, 6.07) is 3.63. The van der Waals surface area contributed by atoms with E-state index in [0.717, 1.165) is 12.5 Å². The molecule has 4 nitrogen and oxygen atoms in total. The maximum absolute atomic E-state index is 13.7. The van der Waals surface area contributed by atoms with Gasteiger partial charge in [-0.15, -0.1) is 0 Å². The van der Waals surface area contributed by atoms with Gasteiger partial charge in [-0.25, -0.2) is 17.5 Å². The van der Waals surface area contributed by atoms with Gasteiger partial charge in [-0.3, -0.25) is 0 Å². The smallest absolute Gasteiger partial charge is 0.243 e. The quantitative estimate of drug-likeness (QED) is 0.841. The number of hydrogen-bond donors (Lipinski definition) is 2. The maximum atomic E-state index is 13.7. The second-order valence-corrected chi connectivity index (χ2v) is 6.45. The zero-order valence-electron chi connectivity index (χ0n) is 11.5. The van der Waals surface area contributed by atoms with Crippen LogP contribution >= 0.6 is 0 Å². The molecule has 1 rings (SSSR count). The number of nitrogens with one attached hydrogen (secondary N) is 1. The number of sulfonamides is 1. The predicted octanol–water partition coefficient (Wildman–Crippen LogP) is 2.00. The largest absolute Gasteiger partial charge is 0.326 e. The van der Waals surface area contributed by atoms with Crippen LogP contribution in [0.15, 0.2) is 23.1 Å². The summed E-state index contributed by atoms with van der Waals surface area (Å²) in [4.78, 5) is -0.342. The van der Waals surface area contributed by atoms with E-state index in [1.807, 2.05) is 13.8 Å². The summed E-state index contributed by atoms with van der Waals surface area (Å²) < 4.78 is 40.5. The molecule has 0 aliphatic rings. The fraction of sp³-hybridized carbons (Fsp3) is 0.538. The summed E-state index contributed by atoms with van der Waals surface area (Å²) >= 11 is 0. The summed E-state index contributed by atoms with van der Waals surface area (Å²) in [5.74, 6) is -0.587. The molecule has 19 heavy (non-hydrogen) atoms. The van der Waals surface area contributed by atoms with Crippen LogP contribution in [0.3, 0.4) is 0 Å². The third-order valence-electron chi connectivity index (χ3n) is 3.36. The predicted molar refractivity (Wildman–Crippen MR) is 73.5 cm³/mol. The molecule has 0 bridgehead atoms. The molecule has 3 N–H and O–H groups in total. The van der Waals surface area contributed by atoms with E-state index in [0.29, 0.717) is 5.56 Å². The fourth-order valence-corrected chi connectivity index (χ4v) is 3.14. The lowest BCUT2D eigenvalue weighted by Crippen LogP contribution is -2.37. The molecule has 0 radical (unpaired) electrons. The molecule has 6 heteroatoms. The fourth-order valence-electron chi connectivity index (χ4n) is 1.66. The molecule has 0 saturated heterocycles. The van der Waals surface area contributed by atoms with Gasteiger partial charge in [-0.05, 0) is 30.5 Å². The van der Waals surface area contributed by atoms with Crippen LogP contribution in [-0.2, 0) is 16.6 Å². The van der Waals surface area contributed by atoms with E-state index in [-0.39, 0.29) is 23.4 Å². The highest BCUT2D eigenvalue weighted by molar-refractivity contribution is 7.89. The molecule has 0 spiro atoms. The summed E-state index contributed by atoms with van der Waals surface area (Å²) in [6.07, 6.45) is 0.842. The van der Waals surface area contributed by atoms with Gasteiger partial charge in [0.2, 0.25) is 10.0 Å². The minimum Gasteiger partial charge on any atom is -0.326 e. The molecule has 2 atom stereocenters.